The lowest BCUT2D eigenvalue weighted by atomic mass is 9.80. The molecule has 0 aromatic carbocycles. The van der Waals surface area contributed by atoms with E-state index in [0.29, 0.717) is 0 Å². The Morgan fingerprint density at radius 1 is 1.20 bits per heavy atom. The molecule has 5 nitrogen and oxygen atoms in total. The van der Waals surface area contributed by atoms with E-state index in [0.717, 1.165) is 24.1 Å². The van der Waals surface area contributed by atoms with Gasteiger partial charge in [0.2, 0.25) is 0 Å². The summed E-state index contributed by atoms with van der Waals surface area (Å²) in [5, 5.41) is 3.41. The highest BCUT2D eigenvalue weighted by molar-refractivity contribution is 7.80. The zero-order valence-corrected chi connectivity index (χ0v) is 14.0. The molecule has 0 saturated heterocycles. The molecule has 1 rings (SSSR count). The third kappa shape index (κ3) is 16.2. The van der Waals surface area contributed by atoms with Gasteiger partial charge in [0, 0.05) is 12.3 Å². The van der Waals surface area contributed by atoms with E-state index in [-0.39, 0.29) is 0 Å². The van der Waals surface area contributed by atoms with Gasteiger partial charge in [-0.15, -0.1) is 0 Å². The molecule has 1 aliphatic carbocycles. The Kier molecular flexibility index (Phi) is 11.9. The van der Waals surface area contributed by atoms with Crippen LogP contribution >= 0.6 is 12.6 Å². The van der Waals surface area contributed by atoms with Crippen molar-refractivity contribution in [2.24, 2.45) is 11.8 Å². The number of rotatable bonds is 7. The Labute approximate surface area is 128 Å². The van der Waals surface area contributed by atoms with Gasteiger partial charge < -0.3 is 5.32 Å². The topological polar surface area (TPSA) is 86.6 Å². The van der Waals surface area contributed by atoms with E-state index in [9.17, 15) is 0 Å². The van der Waals surface area contributed by atoms with Gasteiger partial charge in [-0.05, 0) is 31.2 Å². The van der Waals surface area contributed by atoms with Crippen molar-refractivity contribution in [3.05, 3.63) is 0 Å². The van der Waals surface area contributed by atoms with E-state index in [4.69, 9.17) is 17.5 Å². The molecule has 7 heteroatoms. The number of hydrogen-bond donors (Lipinski definition) is 4. The van der Waals surface area contributed by atoms with E-state index in [1.807, 2.05) is 0 Å². The van der Waals surface area contributed by atoms with Crippen LogP contribution in [0.3, 0.4) is 0 Å². The molecule has 0 aromatic heterocycles. The molecule has 0 radical (unpaired) electrons. The molecular formula is C13H29NO4S2. The average Bonchev–Trinajstić information content (AvgIpc) is 2.32. The predicted octanol–water partition coefficient (Wildman–Crippen LogP) is 2.85. The van der Waals surface area contributed by atoms with Gasteiger partial charge >= 0.3 is 10.4 Å². The van der Waals surface area contributed by atoms with E-state index >= 15 is 0 Å². The number of nitrogens with one attached hydrogen (secondary N) is 1. The first-order valence-corrected chi connectivity index (χ1v) is 9.37. The van der Waals surface area contributed by atoms with Gasteiger partial charge in [0.05, 0.1) is 0 Å². The van der Waals surface area contributed by atoms with Gasteiger partial charge in [-0.2, -0.15) is 21.0 Å². The van der Waals surface area contributed by atoms with Crippen molar-refractivity contribution in [3.8, 4) is 0 Å². The third-order valence-corrected chi connectivity index (χ3v) is 3.77. The van der Waals surface area contributed by atoms with Crippen LogP contribution < -0.4 is 5.32 Å². The summed E-state index contributed by atoms with van der Waals surface area (Å²) in [6.07, 6.45) is 10.2. The van der Waals surface area contributed by atoms with Gasteiger partial charge in [0.1, 0.15) is 0 Å². The lowest BCUT2D eigenvalue weighted by Crippen LogP contribution is -2.18. The maximum atomic E-state index is 8.74. The molecule has 2 atom stereocenters. The molecule has 0 spiro atoms. The van der Waals surface area contributed by atoms with Crippen LogP contribution in [-0.2, 0) is 10.4 Å². The normalized spacial score (nSPS) is 23.0. The summed E-state index contributed by atoms with van der Waals surface area (Å²) >= 11 is 4.18. The van der Waals surface area contributed by atoms with Crippen LogP contribution in [0, 0.1) is 11.8 Å². The quantitative estimate of drug-likeness (QED) is 0.328. The van der Waals surface area contributed by atoms with Crippen molar-refractivity contribution in [3.63, 3.8) is 0 Å². The van der Waals surface area contributed by atoms with E-state index in [1.165, 1.54) is 51.5 Å². The number of hydrogen-bond acceptors (Lipinski definition) is 4. The standard InChI is InChI=1S/C13H27NS.H2O4S/c1-12-5-4-7-13(11-12)6-2-3-8-14-9-10-15;1-5(2,3)4/h12-15H,2-11H2,1H3;(H2,1,2,3,4). The largest absolute Gasteiger partial charge is 0.394 e. The molecule has 1 aliphatic rings. The first kappa shape index (κ1) is 20.2. The summed E-state index contributed by atoms with van der Waals surface area (Å²) in [6.45, 7) is 4.66. The van der Waals surface area contributed by atoms with Crippen molar-refractivity contribution in [2.75, 3.05) is 18.8 Å². The SMILES string of the molecule is CC1CCCC(CCCCNCCS)C1.O=S(=O)(O)O. The molecule has 20 heavy (non-hydrogen) atoms. The molecule has 1 fully saturated rings. The molecule has 1 saturated carbocycles. The van der Waals surface area contributed by atoms with Crippen LogP contribution in [0.1, 0.15) is 51.9 Å². The van der Waals surface area contributed by atoms with Crippen molar-refractivity contribution >= 4 is 23.0 Å². The minimum absolute atomic E-state index is 0.958. The van der Waals surface area contributed by atoms with Crippen molar-refractivity contribution < 1.29 is 17.5 Å². The second-order valence-corrected chi connectivity index (χ2v) is 6.90. The lowest BCUT2D eigenvalue weighted by molar-refractivity contribution is 0.264. The number of unbranched alkanes of at least 4 members (excludes halogenated alkanes) is 1. The average molecular weight is 328 g/mol. The molecule has 0 amide bonds. The summed E-state index contributed by atoms with van der Waals surface area (Å²) in [6, 6.07) is 0. The van der Waals surface area contributed by atoms with Crippen LogP contribution in [0.4, 0.5) is 0 Å². The van der Waals surface area contributed by atoms with Crippen molar-refractivity contribution in [1.82, 2.24) is 5.32 Å². The fourth-order valence-corrected chi connectivity index (χ4v) is 2.87. The predicted molar refractivity (Wildman–Crippen MR) is 85.9 cm³/mol. The fraction of sp³-hybridized carbons (Fsp3) is 1.00. The van der Waals surface area contributed by atoms with Crippen LogP contribution in [-0.4, -0.2) is 36.4 Å². The van der Waals surface area contributed by atoms with Crippen LogP contribution in [0.25, 0.3) is 0 Å². The minimum Gasteiger partial charge on any atom is -0.316 e. The second kappa shape index (κ2) is 11.8. The molecule has 2 unspecified atom stereocenters. The van der Waals surface area contributed by atoms with Crippen molar-refractivity contribution in [2.45, 2.75) is 51.9 Å². The van der Waals surface area contributed by atoms with E-state index in [1.54, 1.807) is 0 Å². The smallest absolute Gasteiger partial charge is 0.316 e. The summed E-state index contributed by atoms with van der Waals surface area (Å²) in [4.78, 5) is 0. The van der Waals surface area contributed by atoms with E-state index < -0.39 is 10.4 Å². The van der Waals surface area contributed by atoms with E-state index in [2.05, 4.69) is 24.9 Å². The fourth-order valence-electron chi connectivity index (χ4n) is 2.71. The Bertz CT molecular complexity index is 314. The lowest BCUT2D eigenvalue weighted by Gasteiger charge is -2.26. The minimum atomic E-state index is -4.67. The van der Waals surface area contributed by atoms with Crippen LogP contribution in [0.5, 0.6) is 0 Å². The zero-order valence-electron chi connectivity index (χ0n) is 12.3. The first-order valence-electron chi connectivity index (χ1n) is 7.34. The van der Waals surface area contributed by atoms with Gasteiger partial charge in [-0.3, -0.25) is 9.11 Å². The maximum Gasteiger partial charge on any atom is 0.394 e. The summed E-state index contributed by atoms with van der Waals surface area (Å²) in [5.74, 6) is 2.99. The molecule has 3 N–H and O–H groups in total. The molecular weight excluding hydrogens is 298 g/mol. The van der Waals surface area contributed by atoms with Gasteiger partial charge in [-0.1, -0.05) is 39.0 Å². The van der Waals surface area contributed by atoms with Crippen molar-refractivity contribution in [1.29, 1.82) is 0 Å². The summed E-state index contributed by atoms with van der Waals surface area (Å²) in [7, 11) is -4.67. The zero-order chi connectivity index (χ0) is 15.4. The molecule has 0 aliphatic heterocycles. The Morgan fingerprint density at radius 3 is 2.40 bits per heavy atom. The second-order valence-electron chi connectivity index (χ2n) is 5.56. The monoisotopic (exact) mass is 327 g/mol. The Balaban J connectivity index is 0.000000621. The third-order valence-electron chi connectivity index (χ3n) is 3.55. The summed E-state index contributed by atoms with van der Waals surface area (Å²) < 4.78 is 31.6. The number of thiol groups is 1. The van der Waals surface area contributed by atoms with Crippen LogP contribution in [0.2, 0.25) is 0 Å². The molecule has 0 heterocycles. The highest BCUT2D eigenvalue weighted by Gasteiger charge is 2.17. The van der Waals surface area contributed by atoms with Gasteiger partial charge in [0.25, 0.3) is 0 Å². The Morgan fingerprint density at radius 2 is 1.85 bits per heavy atom. The highest BCUT2D eigenvalue weighted by atomic mass is 32.3. The van der Waals surface area contributed by atoms with Gasteiger partial charge in [0.15, 0.2) is 0 Å². The Hall–Kier alpha value is 0.180. The maximum absolute atomic E-state index is 8.74. The van der Waals surface area contributed by atoms with Crippen LogP contribution in [0.15, 0.2) is 0 Å². The highest BCUT2D eigenvalue weighted by Crippen LogP contribution is 2.31. The molecule has 122 valence electrons. The molecule has 0 bridgehead atoms. The first-order chi connectivity index (χ1) is 9.33. The summed E-state index contributed by atoms with van der Waals surface area (Å²) in [5.41, 5.74) is 0. The molecule has 0 aromatic rings. The van der Waals surface area contributed by atoms with Gasteiger partial charge in [-0.25, -0.2) is 0 Å².